The van der Waals surface area contributed by atoms with Crippen LogP contribution >= 0.6 is 0 Å². The zero-order valence-corrected chi connectivity index (χ0v) is 12.5. The van der Waals surface area contributed by atoms with Gasteiger partial charge in [-0.2, -0.15) is 0 Å². The second-order valence-corrected chi connectivity index (χ2v) is 5.41. The van der Waals surface area contributed by atoms with Gasteiger partial charge < -0.3 is 15.2 Å². The molecule has 0 aliphatic heterocycles. The molecule has 0 atom stereocenters. The normalized spacial score (nSPS) is 14.2. The van der Waals surface area contributed by atoms with Gasteiger partial charge >= 0.3 is 0 Å². The first-order valence-corrected chi connectivity index (χ1v) is 7.51. The van der Waals surface area contributed by atoms with Gasteiger partial charge in [-0.25, -0.2) is 0 Å². The van der Waals surface area contributed by atoms with E-state index in [4.69, 9.17) is 9.84 Å². The van der Waals surface area contributed by atoms with Crippen molar-refractivity contribution in [3.8, 4) is 5.75 Å². The van der Waals surface area contributed by atoms with Gasteiger partial charge in [0.1, 0.15) is 5.75 Å². The van der Waals surface area contributed by atoms with Crippen LogP contribution in [0.25, 0.3) is 0 Å². The lowest BCUT2D eigenvalue weighted by atomic mass is 10.2. The van der Waals surface area contributed by atoms with Crippen LogP contribution in [-0.4, -0.2) is 48.8 Å². The summed E-state index contributed by atoms with van der Waals surface area (Å²) in [5.41, 5.74) is 0.755. The summed E-state index contributed by atoms with van der Waals surface area (Å²) in [6.07, 6.45) is 4.07. The van der Waals surface area contributed by atoms with Crippen LogP contribution in [0.2, 0.25) is 0 Å². The Bertz CT molecular complexity index is 461. The molecule has 0 saturated heterocycles. The molecule has 2 N–H and O–H groups in total. The van der Waals surface area contributed by atoms with E-state index in [2.05, 4.69) is 10.2 Å². The highest BCUT2D eigenvalue weighted by molar-refractivity contribution is 5.92. The zero-order valence-electron chi connectivity index (χ0n) is 12.5. The van der Waals surface area contributed by atoms with Crippen molar-refractivity contribution in [3.63, 3.8) is 0 Å². The molecule has 1 saturated carbocycles. The van der Waals surface area contributed by atoms with E-state index in [1.165, 1.54) is 12.8 Å². The van der Waals surface area contributed by atoms with E-state index >= 15 is 0 Å². The summed E-state index contributed by atoms with van der Waals surface area (Å²) in [6, 6.07) is 7.91. The van der Waals surface area contributed by atoms with Gasteiger partial charge in [-0.3, -0.25) is 9.69 Å². The molecule has 1 aromatic rings. The predicted octanol–water partition coefficient (Wildman–Crippen LogP) is 1.87. The number of benzene rings is 1. The van der Waals surface area contributed by atoms with E-state index < -0.39 is 0 Å². The fraction of sp³-hybridized carbons (Fsp3) is 0.562. The van der Waals surface area contributed by atoms with Crippen LogP contribution in [0.1, 0.15) is 25.7 Å². The molecule has 1 amide bonds. The van der Waals surface area contributed by atoms with Gasteiger partial charge in [0.2, 0.25) is 5.91 Å². The van der Waals surface area contributed by atoms with Crippen LogP contribution < -0.4 is 10.1 Å². The summed E-state index contributed by atoms with van der Waals surface area (Å²) in [5, 5.41) is 11.8. The number of carbonyl (C=O) groups excluding carboxylic acids is 1. The topological polar surface area (TPSA) is 61.8 Å². The molecule has 2 rings (SSSR count). The van der Waals surface area contributed by atoms with Crippen molar-refractivity contribution in [1.82, 2.24) is 4.90 Å². The summed E-state index contributed by atoms with van der Waals surface area (Å²) in [7, 11) is 1.61. The van der Waals surface area contributed by atoms with Crippen LogP contribution in [-0.2, 0) is 4.79 Å². The SMILES string of the molecule is COc1cccc(NC(=O)CN(CCCCO)C2CC2)c1. The number of carbonyl (C=O) groups is 1. The molecule has 1 aromatic carbocycles. The minimum absolute atomic E-state index is 0.000786. The maximum atomic E-state index is 12.1. The third kappa shape index (κ3) is 5.36. The summed E-state index contributed by atoms with van der Waals surface area (Å²) >= 11 is 0. The number of ether oxygens (including phenoxy) is 1. The second-order valence-electron chi connectivity index (χ2n) is 5.41. The van der Waals surface area contributed by atoms with E-state index in [1.807, 2.05) is 24.3 Å². The second kappa shape index (κ2) is 8.00. The number of aliphatic hydroxyl groups is 1. The Labute approximate surface area is 125 Å². The van der Waals surface area contributed by atoms with Gasteiger partial charge in [-0.15, -0.1) is 0 Å². The maximum absolute atomic E-state index is 12.1. The van der Waals surface area contributed by atoms with Gasteiger partial charge in [0.15, 0.2) is 0 Å². The van der Waals surface area contributed by atoms with Crippen molar-refractivity contribution in [3.05, 3.63) is 24.3 Å². The molecule has 116 valence electrons. The number of methoxy groups -OCH3 is 1. The highest BCUT2D eigenvalue weighted by Crippen LogP contribution is 2.27. The fourth-order valence-electron chi connectivity index (χ4n) is 2.34. The minimum Gasteiger partial charge on any atom is -0.497 e. The van der Waals surface area contributed by atoms with Gasteiger partial charge in [-0.1, -0.05) is 6.07 Å². The predicted molar refractivity (Wildman–Crippen MR) is 82.5 cm³/mol. The Hall–Kier alpha value is -1.59. The van der Waals surface area contributed by atoms with Gasteiger partial charge in [0.05, 0.1) is 13.7 Å². The number of nitrogens with one attached hydrogen (secondary N) is 1. The molecule has 0 spiro atoms. The zero-order chi connectivity index (χ0) is 15.1. The summed E-state index contributed by atoms with van der Waals surface area (Å²) in [6.45, 7) is 1.50. The maximum Gasteiger partial charge on any atom is 0.238 e. The molecule has 0 unspecified atom stereocenters. The largest absolute Gasteiger partial charge is 0.497 e. The van der Waals surface area contributed by atoms with E-state index in [0.717, 1.165) is 30.8 Å². The molecule has 1 aliphatic rings. The van der Waals surface area contributed by atoms with Crippen LogP contribution in [0.5, 0.6) is 5.75 Å². The lowest BCUT2D eigenvalue weighted by Crippen LogP contribution is -2.35. The Morgan fingerprint density at radius 2 is 2.24 bits per heavy atom. The third-order valence-corrected chi connectivity index (χ3v) is 3.62. The average molecular weight is 292 g/mol. The Kier molecular flexibility index (Phi) is 6.02. The lowest BCUT2D eigenvalue weighted by molar-refractivity contribution is -0.117. The number of hydrogen-bond acceptors (Lipinski definition) is 4. The lowest BCUT2D eigenvalue weighted by Gasteiger charge is -2.21. The number of aliphatic hydroxyl groups excluding tert-OH is 1. The van der Waals surface area contributed by atoms with E-state index in [1.54, 1.807) is 7.11 Å². The van der Waals surface area contributed by atoms with E-state index in [0.29, 0.717) is 12.6 Å². The number of anilines is 1. The smallest absolute Gasteiger partial charge is 0.238 e. The number of nitrogens with zero attached hydrogens (tertiary/aromatic N) is 1. The standard InChI is InChI=1S/C16H24N2O3/c1-21-15-6-4-5-13(11-15)17-16(20)12-18(14-7-8-14)9-2-3-10-19/h4-6,11,14,19H,2-3,7-10,12H2,1H3,(H,17,20). The van der Waals surface area contributed by atoms with Crippen LogP contribution in [0, 0.1) is 0 Å². The number of amides is 1. The van der Waals surface area contributed by atoms with Gasteiger partial charge in [0.25, 0.3) is 0 Å². The van der Waals surface area contributed by atoms with Crippen LogP contribution in [0.4, 0.5) is 5.69 Å². The molecular formula is C16H24N2O3. The van der Waals surface area contributed by atoms with Gasteiger partial charge in [0, 0.05) is 24.4 Å². The molecule has 0 bridgehead atoms. The van der Waals surface area contributed by atoms with Crippen molar-refractivity contribution in [1.29, 1.82) is 0 Å². The summed E-state index contributed by atoms with van der Waals surface area (Å²) < 4.78 is 5.15. The van der Waals surface area contributed by atoms with Crippen molar-refractivity contribution in [2.24, 2.45) is 0 Å². The molecule has 0 heterocycles. The van der Waals surface area contributed by atoms with Crippen molar-refractivity contribution >= 4 is 11.6 Å². The van der Waals surface area contributed by atoms with Gasteiger partial charge in [-0.05, 0) is 44.4 Å². The highest BCUT2D eigenvalue weighted by Gasteiger charge is 2.29. The quantitative estimate of drug-likeness (QED) is 0.682. The molecule has 0 radical (unpaired) electrons. The minimum atomic E-state index is -0.000786. The summed E-state index contributed by atoms with van der Waals surface area (Å²) in [5.74, 6) is 0.731. The number of unbranched alkanes of at least 4 members (excludes halogenated alkanes) is 1. The third-order valence-electron chi connectivity index (χ3n) is 3.62. The number of rotatable bonds is 9. The highest BCUT2D eigenvalue weighted by atomic mass is 16.5. The van der Waals surface area contributed by atoms with Crippen LogP contribution in [0.3, 0.4) is 0 Å². The Morgan fingerprint density at radius 1 is 1.43 bits per heavy atom. The molecular weight excluding hydrogens is 268 g/mol. The fourth-order valence-corrected chi connectivity index (χ4v) is 2.34. The van der Waals surface area contributed by atoms with Crippen molar-refractivity contribution < 1.29 is 14.6 Å². The first kappa shape index (κ1) is 15.8. The molecule has 0 aromatic heterocycles. The van der Waals surface area contributed by atoms with E-state index in [9.17, 15) is 4.79 Å². The molecule has 1 aliphatic carbocycles. The average Bonchev–Trinajstić information content (AvgIpc) is 3.31. The Balaban J connectivity index is 1.83. The number of hydrogen-bond donors (Lipinski definition) is 2. The van der Waals surface area contributed by atoms with Crippen LogP contribution in [0.15, 0.2) is 24.3 Å². The first-order valence-electron chi connectivity index (χ1n) is 7.51. The molecule has 5 heteroatoms. The molecule has 1 fully saturated rings. The van der Waals surface area contributed by atoms with Crippen molar-refractivity contribution in [2.45, 2.75) is 31.7 Å². The van der Waals surface area contributed by atoms with E-state index in [-0.39, 0.29) is 12.5 Å². The monoisotopic (exact) mass is 292 g/mol. The van der Waals surface area contributed by atoms with Crippen molar-refractivity contribution in [2.75, 3.05) is 32.1 Å². The summed E-state index contributed by atoms with van der Waals surface area (Å²) in [4.78, 5) is 14.4. The molecule has 5 nitrogen and oxygen atoms in total. The first-order chi connectivity index (χ1) is 10.2. The molecule has 21 heavy (non-hydrogen) atoms. The Morgan fingerprint density at radius 3 is 2.90 bits per heavy atom.